The second-order valence-corrected chi connectivity index (χ2v) is 5.90. The predicted octanol–water partition coefficient (Wildman–Crippen LogP) is 4.22. The van der Waals surface area contributed by atoms with Crippen LogP contribution >= 0.6 is 28.1 Å². The van der Waals surface area contributed by atoms with Gasteiger partial charge < -0.3 is 9.55 Å². The van der Waals surface area contributed by atoms with Gasteiger partial charge in [-0.25, -0.2) is 0 Å². The quantitative estimate of drug-likeness (QED) is 0.719. The first-order valence-corrected chi connectivity index (χ1v) is 6.00. The van der Waals surface area contributed by atoms with Crippen molar-refractivity contribution < 1.29 is 0 Å². The average molecular weight is 285 g/mol. The molecule has 0 amide bonds. The number of benzene rings is 1. The average Bonchev–Trinajstić information content (AvgIpc) is 2.38. The Balaban J connectivity index is 2.89. The van der Waals surface area contributed by atoms with Crippen LogP contribution < -0.4 is 0 Å². The number of fused-ring (bicyclic) bond motifs is 1. The highest BCUT2D eigenvalue weighted by Gasteiger charge is 2.17. The van der Waals surface area contributed by atoms with Gasteiger partial charge in [0.05, 0.1) is 11.0 Å². The van der Waals surface area contributed by atoms with E-state index in [4.69, 9.17) is 12.2 Å². The van der Waals surface area contributed by atoms with E-state index in [0.717, 1.165) is 20.3 Å². The maximum Gasteiger partial charge on any atom is 0.178 e. The molecule has 0 aliphatic heterocycles. The zero-order valence-electron chi connectivity index (χ0n) is 8.97. The van der Waals surface area contributed by atoms with E-state index < -0.39 is 0 Å². The number of hydrogen-bond donors (Lipinski definition) is 1. The summed E-state index contributed by atoms with van der Waals surface area (Å²) in [6.45, 7) is 6.45. The molecule has 2 nitrogen and oxygen atoms in total. The third-order valence-electron chi connectivity index (χ3n) is 2.32. The molecule has 0 spiro atoms. The topological polar surface area (TPSA) is 20.7 Å². The molecule has 4 heteroatoms. The van der Waals surface area contributed by atoms with Crippen LogP contribution in [-0.4, -0.2) is 9.55 Å². The van der Waals surface area contributed by atoms with Gasteiger partial charge in [0.15, 0.2) is 4.77 Å². The summed E-state index contributed by atoms with van der Waals surface area (Å²) in [4.78, 5) is 3.22. The van der Waals surface area contributed by atoms with Gasteiger partial charge in [0.2, 0.25) is 0 Å². The molecule has 0 aliphatic rings. The molecule has 0 radical (unpaired) electrons. The zero-order valence-corrected chi connectivity index (χ0v) is 11.4. The first-order chi connectivity index (χ1) is 6.89. The number of imidazole rings is 1. The molecule has 80 valence electrons. The van der Waals surface area contributed by atoms with Gasteiger partial charge in [0, 0.05) is 10.0 Å². The summed E-state index contributed by atoms with van der Waals surface area (Å²) in [5.74, 6) is 0. The minimum absolute atomic E-state index is 0.00384. The van der Waals surface area contributed by atoms with Crippen molar-refractivity contribution in [1.82, 2.24) is 9.55 Å². The molecule has 1 N–H and O–H groups in total. The zero-order chi connectivity index (χ0) is 11.2. The summed E-state index contributed by atoms with van der Waals surface area (Å²) in [5, 5.41) is 0. The summed E-state index contributed by atoms with van der Waals surface area (Å²) in [5.41, 5.74) is 2.22. The van der Waals surface area contributed by atoms with E-state index in [9.17, 15) is 0 Å². The first kappa shape index (κ1) is 10.9. The molecular weight excluding hydrogens is 272 g/mol. The number of nitrogens with zero attached hydrogens (tertiary/aromatic N) is 1. The molecule has 0 saturated carbocycles. The number of nitrogens with one attached hydrogen (secondary N) is 1. The van der Waals surface area contributed by atoms with E-state index in [1.165, 1.54) is 0 Å². The van der Waals surface area contributed by atoms with Gasteiger partial charge in [-0.05, 0) is 51.2 Å². The Morgan fingerprint density at radius 2 is 2.00 bits per heavy atom. The van der Waals surface area contributed by atoms with Gasteiger partial charge in [-0.15, -0.1) is 0 Å². The standard InChI is InChI=1S/C11H13BrN2S/c1-11(2,3)14-9-6-7(12)4-5-8(9)13-10(14)15/h4-6H,1-3H3,(H,13,15). The Morgan fingerprint density at radius 1 is 1.33 bits per heavy atom. The molecule has 0 unspecified atom stereocenters. The van der Waals surface area contributed by atoms with Gasteiger partial charge >= 0.3 is 0 Å². The molecular formula is C11H13BrN2S. The lowest BCUT2D eigenvalue weighted by Gasteiger charge is -2.21. The number of aromatic nitrogens is 2. The molecule has 1 heterocycles. The molecule has 2 rings (SSSR count). The maximum atomic E-state index is 5.34. The highest BCUT2D eigenvalue weighted by Crippen LogP contribution is 2.25. The molecule has 0 bridgehead atoms. The van der Waals surface area contributed by atoms with Gasteiger partial charge in [0.25, 0.3) is 0 Å². The third-order valence-corrected chi connectivity index (χ3v) is 3.09. The fourth-order valence-corrected chi connectivity index (χ4v) is 2.57. The fraction of sp³-hybridized carbons (Fsp3) is 0.364. The summed E-state index contributed by atoms with van der Waals surface area (Å²) in [6, 6.07) is 6.14. The van der Waals surface area contributed by atoms with E-state index in [1.807, 2.05) is 12.1 Å². The normalized spacial score (nSPS) is 12.3. The van der Waals surface area contributed by atoms with E-state index in [1.54, 1.807) is 0 Å². The summed E-state index contributed by atoms with van der Waals surface area (Å²) >= 11 is 8.82. The van der Waals surface area contributed by atoms with Crippen molar-refractivity contribution in [2.75, 3.05) is 0 Å². The lowest BCUT2D eigenvalue weighted by atomic mass is 10.1. The first-order valence-electron chi connectivity index (χ1n) is 4.80. The molecule has 1 aromatic heterocycles. The second-order valence-electron chi connectivity index (χ2n) is 4.60. The second kappa shape index (κ2) is 3.46. The number of hydrogen-bond acceptors (Lipinski definition) is 1. The Hall–Kier alpha value is -0.610. The van der Waals surface area contributed by atoms with Gasteiger partial charge in [-0.3, -0.25) is 0 Å². The Morgan fingerprint density at radius 3 is 2.60 bits per heavy atom. The predicted molar refractivity (Wildman–Crippen MR) is 69.8 cm³/mol. The largest absolute Gasteiger partial charge is 0.331 e. The van der Waals surface area contributed by atoms with E-state index >= 15 is 0 Å². The van der Waals surface area contributed by atoms with Crippen molar-refractivity contribution in [2.24, 2.45) is 0 Å². The van der Waals surface area contributed by atoms with Gasteiger partial charge in [0.1, 0.15) is 0 Å². The minimum atomic E-state index is -0.00384. The smallest absolute Gasteiger partial charge is 0.178 e. The molecule has 0 fully saturated rings. The Bertz CT molecular complexity index is 560. The van der Waals surface area contributed by atoms with Crippen molar-refractivity contribution >= 4 is 39.2 Å². The molecule has 1 aromatic carbocycles. The SMILES string of the molecule is CC(C)(C)n1c(=S)[nH]c2ccc(Br)cc21. The van der Waals surface area contributed by atoms with Crippen LogP contribution in [0.1, 0.15) is 20.8 Å². The van der Waals surface area contributed by atoms with Gasteiger partial charge in [-0.1, -0.05) is 15.9 Å². The fourth-order valence-electron chi connectivity index (χ4n) is 1.74. The third kappa shape index (κ3) is 1.88. The van der Waals surface area contributed by atoms with Crippen LogP contribution in [0.15, 0.2) is 22.7 Å². The van der Waals surface area contributed by atoms with Crippen LogP contribution in [-0.2, 0) is 5.54 Å². The van der Waals surface area contributed by atoms with Crippen molar-refractivity contribution in [3.63, 3.8) is 0 Å². The van der Waals surface area contributed by atoms with Crippen molar-refractivity contribution in [3.8, 4) is 0 Å². The number of rotatable bonds is 0. The van der Waals surface area contributed by atoms with Crippen LogP contribution in [0.3, 0.4) is 0 Å². The van der Waals surface area contributed by atoms with Crippen molar-refractivity contribution in [1.29, 1.82) is 0 Å². The number of H-pyrrole nitrogens is 1. The summed E-state index contributed by atoms with van der Waals surface area (Å²) in [7, 11) is 0. The summed E-state index contributed by atoms with van der Waals surface area (Å²) < 4.78 is 3.99. The van der Waals surface area contributed by atoms with Crippen molar-refractivity contribution in [2.45, 2.75) is 26.3 Å². The molecule has 0 saturated heterocycles. The van der Waals surface area contributed by atoms with E-state index in [2.05, 4.69) is 52.3 Å². The molecule has 2 aromatic rings. The van der Waals surface area contributed by atoms with Gasteiger partial charge in [-0.2, -0.15) is 0 Å². The van der Waals surface area contributed by atoms with Crippen molar-refractivity contribution in [3.05, 3.63) is 27.4 Å². The van der Waals surface area contributed by atoms with Crippen LogP contribution in [0.2, 0.25) is 0 Å². The summed E-state index contributed by atoms with van der Waals surface area (Å²) in [6.07, 6.45) is 0. The highest BCUT2D eigenvalue weighted by atomic mass is 79.9. The van der Waals surface area contributed by atoms with E-state index in [-0.39, 0.29) is 5.54 Å². The monoisotopic (exact) mass is 284 g/mol. The Kier molecular flexibility index (Phi) is 2.51. The van der Waals surface area contributed by atoms with Crippen LogP contribution in [0.25, 0.3) is 11.0 Å². The van der Waals surface area contributed by atoms with Crippen LogP contribution in [0.4, 0.5) is 0 Å². The molecule has 0 atom stereocenters. The maximum absolute atomic E-state index is 5.34. The lowest BCUT2D eigenvalue weighted by Crippen LogP contribution is -2.21. The molecule has 0 aliphatic carbocycles. The van der Waals surface area contributed by atoms with Crippen LogP contribution in [0, 0.1) is 4.77 Å². The van der Waals surface area contributed by atoms with E-state index in [0.29, 0.717) is 0 Å². The number of aromatic amines is 1. The molecule has 15 heavy (non-hydrogen) atoms. The number of halogens is 1. The minimum Gasteiger partial charge on any atom is -0.331 e. The highest BCUT2D eigenvalue weighted by molar-refractivity contribution is 9.10. The lowest BCUT2D eigenvalue weighted by molar-refractivity contribution is 0.404. The Labute approximate surface area is 102 Å². The van der Waals surface area contributed by atoms with Crippen LogP contribution in [0.5, 0.6) is 0 Å².